The molecule has 5 heteroatoms. The fraction of sp³-hybridized carbons (Fsp3) is 0.571. The molecule has 106 valence electrons. The van der Waals surface area contributed by atoms with E-state index in [9.17, 15) is 9.59 Å². The van der Waals surface area contributed by atoms with Gasteiger partial charge in [0.05, 0.1) is 7.11 Å². The number of aliphatic hydroxyl groups is 1. The van der Waals surface area contributed by atoms with Crippen LogP contribution >= 0.6 is 0 Å². The second kappa shape index (κ2) is 7.74. The minimum absolute atomic E-state index is 0.126. The van der Waals surface area contributed by atoms with Crippen molar-refractivity contribution in [3.05, 3.63) is 34.2 Å². The molecular formula is C14H21NO4. The predicted molar refractivity (Wildman–Crippen MR) is 72.3 cm³/mol. The Kier molecular flexibility index (Phi) is 6.29. The molecule has 0 unspecified atom stereocenters. The fourth-order valence-electron chi connectivity index (χ4n) is 2.42. The molecule has 1 N–H and O–H groups in total. The topological polar surface area (TPSA) is 68.5 Å². The van der Waals surface area contributed by atoms with Crippen molar-refractivity contribution in [3.63, 3.8) is 0 Å². The van der Waals surface area contributed by atoms with Crippen LogP contribution in [-0.2, 0) is 4.74 Å². The highest BCUT2D eigenvalue weighted by molar-refractivity contribution is 5.88. The van der Waals surface area contributed by atoms with Gasteiger partial charge in [0, 0.05) is 19.3 Å². The van der Waals surface area contributed by atoms with Gasteiger partial charge < -0.3 is 14.4 Å². The van der Waals surface area contributed by atoms with Crippen molar-refractivity contribution in [3.8, 4) is 0 Å². The van der Waals surface area contributed by atoms with Gasteiger partial charge in [-0.05, 0) is 25.0 Å². The van der Waals surface area contributed by atoms with E-state index in [4.69, 9.17) is 5.11 Å². The molecule has 1 aromatic heterocycles. The largest absolute Gasteiger partial charge is 0.465 e. The second-order valence-corrected chi connectivity index (χ2v) is 4.42. The lowest BCUT2D eigenvalue weighted by Gasteiger charge is -2.24. The lowest BCUT2D eigenvalue weighted by Crippen LogP contribution is -2.30. The van der Waals surface area contributed by atoms with Crippen molar-refractivity contribution in [1.82, 2.24) is 4.57 Å². The number of carbonyl (C=O) groups is 1. The van der Waals surface area contributed by atoms with Crippen LogP contribution in [0.1, 0.15) is 48.5 Å². The third-order valence-corrected chi connectivity index (χ3v) is 3.35. The molecule has 1 saturated carbocycles. The Bertz CT molecular complexity index is 461. The van der Waals surface area contributed by atoms with Gasteiger partial charge in [-0.25, -0.2) is 4.79 Å². The smallest absolute Gasteiger partial charge is 0.343 e. The molecule has 1 fully saturated rings. The first-order valence-electron chi connectivity index (χ1n) is 6.48. The van der Waals surface area contributed by atoms with Gasteiger partial charge in [0.1, 0.15) is 5.56 Å². The SMILES string of the molecule is CO.COC(=O)c1cccn(C2CCCCC2)c1=O. The average molecular weight is 267 g/mol. The van der Waals surface area contributed by atoms with Gasteiger partial charge >= 0.3 is 5.97 Å². The van der Waals surface area contributed by atoms with E-state index in [-0.39, 0.29) is 17.2 Å². The summed E-state index contributed by atoms with van der Waals surface area (Å²) >= 11 is 0. The lowest BCUT2D eigenvalue weighted by atomic mass is 9.95. The number of ether oxygens (including phenoxy) is 1. The van der Waals surface area contributed by atoms with Crippen molar-refractivity contribution in [2.24, 2.45) is 0 Å². The molecule has 2 rings (SSSR count). The summed E-state index contributed by atoms with van der Waals surface area (Å²) < 4.78 is 6.29. The zero-order chi connectivity index (χ0) is 14.3. The van der Waals surface area contributed by atoms with Crippen LogP contribution in [0, 0.1) is 0 Å². The summed E-state index contributed by atoms with van der Waals surface area (Å²) in [5.41, 5.74) is -0.105. The Balaban J connectivity index is 0.000000861. The summed E-state index contributed by atoms with van der Waals surface area (Å²) in [6.07, 6.45) is 7.35. The molecule has 0 spiro atoms. The van der Waals surface area contributed by atoms with Crippen molar-refractivity contribution in [1.29, 1.82) is 0 Å². The molecule has 19 heavy (non-hydrogen) atoms. The van der Waals surface area contributed by atoms with E-state index < -0.39 is 5.97 Å². The molecule has 1 aromatic rings. The van der Waals surface area contributed by atoms with Crippen LogP contribution in [0.3, 0.4) is 0 Å². The van der Waals surface area contributed by atoms with Crippen LogP contribution in [0.15, 0.2) is 23.1 Å². The van der Waals surface area contributed by atoms with Gasteiger partial charge in [-0.15, -0.1) is 0 Å². The Morgan fingerprint density at radius 2 is 1.95 bits per heavy atom. The van der Waals surface area contributed by atoms with E-state index in [1.54, 1.807) is 16.8 Å². The van der Waals surface area contributed by atoms with Gasteiger partial charge in [-0.2, -0.15) is 0 Å². The van der Waals surface area contributed by atoms with Crippen LogP contribution < -0.4 is 5.56 Å². The van der Waals surface area contributed by atoms with E-state index in [1.807, 2.05) is 0 Å². The van der Waals surface area contributed by atoms with Crippen LogP contribution in [-0.4, -0.2) is 29.9 Å². The number of carbonyl (C=O) groups excluding carboxylic acids is 1. The van der Waals surface area contributed by atoms with Crippen molar-refractivity contribution in [2.45, 2.75) is 38.1 Å². The fourth-order valence-corrected chi connectivity index (χ4v) is 2.42. The number of aromatic nitrogens is 1. The highest BCUT2D eigenvalue weighted by Gasteiger charge is 2.19. The summed E-state index contributed by atoms with van der Waals surface area (Å²) in [6.45, 7) is 0. The van der Waals surface area contributed by atoms with E-state index in [0.29, 0.717) is 0 Å². The molecule has 0 aromatic carbocycles. The van der Waals surface area contributed by atoms with Gasteiger partial charge in [0.2, 0.25) is 0 Å². The van der Waals surface area contributed by atoms with E-state index >= 15 is 0 Å². The maximum Gasteiger partial charge on any atom is 0.343 e. The maximum absolute atomic E-state index is 12.1. The molecular weight excluding hydrogens is 246 g/mol. The number of esters is 1. The Hall–Kier alpha value is -1.62. The molecule has 1 heterocycles. The predicted octanol–water partition coefficient (Wildman–Crippen LogP) is 1.75. The number of pyridine rings is 1. The first-order valence-corrected chi connectivity index (χ1v) is 6.48. The maximum atomic E-state index is 12.1. The molecule has 0 saturated heterocycles. The van der Waals surface area contributed by atoms with Crippen LogP contribution in [0.5, 0.6) is 0 Å². The zero-order valence-corrected chi connectivity index (χ0v) is 11.5. The molecule has 1 aliphatic rings. The average Bonchev–Trinajstić information content (AvgIpc) is 2.49. The van der Waals surface area contributed by atoms with Crippen LogP contribution in [0.4, 0.5) is 0 Å². The van der Waals surface area contributed by atoms with Crippen molar-refractivity contribution in [2.75, 3.05) is 14.2 Å². The number of hydrogen-bond donors (Lipinski definition) is 1. The van der Waals surface area contributed by atoms with Gasteiger partial charge in [0.25, 0.3) is 5.56 Å². The Labute approximate surface area is 112 Å². The third-order valence-electron chi connectivity index (χ3n) is 3.35. The molecule has 5 nitrogen and oxygen atoms in total. The number of hydrogen-bond acceptors (Lipinski definition) is 4. The first-order chi connectivity index (χ1) is 9.24. The number of rotatable bonds is 2. The minimum atomic E-state index is -0.555. The molecule has 0 bridgehead atoms. The van der Waals surface area contributed by atoms with E-state index in [2.05, 4.69) is 4.74 Å². The molecule has 0 amide bonds. The Morgan fingerprint density at radius 3 is 2.53 bits per heavy atom. The Morgan fingerprint density at radius 1 is 1.32 bits per heavy atom. The number of nitrogens with zero attached hydrogens (tertiary/aromatic N) is 1. The monoisotopic (exact) mass is 267 g/mol. The van der Waals surface area contributed by atoms with E-state index in [0.717, 1.165) is 32.8 Å². The highest BCUT2D eigenvalue weighted by Crippen LogP contribution is 2.26. The standard InChI is InChI=1S/C13H17NO3.CH4O/c1-17-13(16)11-8-5-9-14(12(11)15)10-6-3-2-4-7-10;1-2/h5,8-10H,2-4,6-7H2,1H3;2H,1H3. The third kappa shape index (κ3) is 3.67. The minimum Gasteiger partial charge on any atom is -0.465 e. The second-order valence-electron chi connectivity index (χ2n) is 4.42. The quantitative estimate of drug-likeness (QED) is 0.829. The number of methoxy groups -OCH3 is 1. The molecule has 0 aliphatic heterocycles. The van der Waals surface area contributed by atoms with Crippen LogP contribution in [0.25, 0.3) is 0 Å². The van der Waals surface area contributed by atoms with Gasteiger partial charge in [-0.1, -0.05) is 19.3 Å². The van der Waals surface area contributed by atoms with Crippen LogP contribution in [0.2, 0.25) is 0 Å². The lowest BCUT2D eigenvalue weighted by molar-refractivity contribution is 0.0597. The first kappa shape index (κ1) is 15.4. The summed E-state index contributed by atoms with van der Waals surface area (Å²) in [7, 11) is 2.29. The molecule has 1 aliphatic carbocycles. The van der Waals surface area contributed by atoms with Gasteiger partial charge in [0.15, 0.2) is 0 Å². The summed E-state index contributed by atoms with van der Waals surface area (Å²) in [4.78, 5) is 23.6. The zero-order valence-electron chi connectivity index (χ0n) is 11.5. The summed E-state index contributed by atoms with van der Waals surface area (Å²) in [5, 5.41) is 7.00. The molecule has 0 atom stereocenters. The normalized spacial score (nSPS) is 15.3. The summed E-state index contributed by atoms with van der Waals surface area (Å²) in [6, 6.07) is 3.50. The summed E-state index contributed by atoms with van der Waals surface area (Å²) in [5.74, 6) is -0.555. The highest BCUT2D eigenvalue weighted by atomic mass is 16.5. The molecule has 0 radical (unpaired) electrons. The van der Waals surface area contributed by atoms with E-state index in [1.165, 1.54) is 19.6 Å². The van der Waals surface area contributed by atoms with Crippen molar-refractivity contribution >= 4 is 5.97 Å². The van der Waals surface area contributed by atoms with Gasteiger partial charge in [-0.3, -0.25) is 4.79 Å². The number of aliphatic hydroxyl groups excluding tert-OH is 1. The van der Waals surface area contributed by atoms with Crippen molar-refractivity contribution < 1.29 is 14.6 Å².